The highest BCUT2D eigenvalue weighted by atomic mass is 79.9. The molecule has 2 N–H and O–H groups in total. The van der Waals surface area contributed by atoms with Gasteiger partial charge in [-0.15, -0.1) is 0 Å². The Morgan fingerprint density at radius 1 is 1.40 bits per heavy atom. The summed E-state index contributed by atoms with van der Waals surface area (Å²) in [5, 5.41) is 4.03. The van der Waals surface area contributed by atoms with Crippen LogP contribution in [0.15, 0.2) is 39.3 Å². The monoisotopic (exact) mass is 335 g/mol. The smallest absolute Gasteiger partial charge is 0.234 e. The second-order valence-electron chi connectivity index (χ2n) is 4.87. The SMILES string of the molecule is NCC1CC(=O)N(c2cc(-c3ccc(Br)cc3)no2)C1. The first-order valence-corrected chi connectivity index (χ1v) is 7.20. The first kappa shape index (κ1) is 13.3. The van der Waals surface area contributed by atoms with Gasteiger partial charge >= 0.3 is 0 Å². The van der Waals surface area contributed by atoms with Crippen molar-refractivity contribution >= 4 is 27.7 Å². The average Bonchev–Trinajstić information content (AvgIpc) is 3.06. The number of anilines is 1. The Bertz CT molecular complexity index is 624. The van der Waals surface area contributed by atoms with Crippen LogP contribution >= 0.6 is 15.9 Å². The number of hydrogen-bond acceptors (Lipinski definition) is 4. The lowest BCUT2D eigenvalue weighted by atomic mass is 10.1. The molecule has 6 heteroatoms. The zero-order valence-electron chi connectivity index (χ0n) is 10.8. The number of carbonyl (C=O) groups excluding carboxylic acids is 1. The van der Waals surface area contributed by atoms with E-state index in [2.05, 4.69) is 21.1 Å². The first-order chi connectivity index (χ1) is 9.67. The van der Waals surface area contributed by atoms with Crippen molar-refractivity contribution in [3.8, 4) is 11.3 Å². The van der Waals surface area contributed by atoms with E-state index in [9.17, 15) is 4.79 Å². The summed E-state index contributed by atoms with van der Waals surface area (Å²) in [7, 11) is 0. The van der Waals surface area contributed by atoms with E-state index in [4.69, 9.17) is 10.3 Å². The highest BCUT2D eigenvalue weighted by Crippen LogP contribution is 2.29. The zero-order chi connectivity index (χ0) is 14.1. The van der Waals surface area contributed by atoms with E-state index in [0.717, 1.165) is 15.7 Å². The van der Waals surface area contributed by atoms with Gasteiger partial charge in [0.15, 0.2) is 0 Å². The molecular formula is C14H14BrN3O2. The highest BCUT2D eigenvalue weighted by molar-refractivity contribution is 9.10. The average molecular weight is 336 g/mol. The van der Waals surface area contributed by atoms with E-state index in [1.54, 1.807) is 11.0 Å². The van der Waals surface area contributed by atoms with Crippen molar-refractivity contribution in [3.05, 3.63) is 34.8 Å². The molecule has 1 aliphatic rings. The molecule has 1 aromatic carbocycles. The van der Waals surface area contributed by atoms with Gasteiger partial charge in [0.25, 0.3) is 0 Å². The van der Waals surface area contributed by atoms with Crippen LogP contribution in [0.1, 0.15) is 6.42 Å². The summed E-state index contributed by atoms with van der Waals surface area (Å²) < 4.78 is 6.30. The number of rotatable bonds is 3. The van der Waals surface area contributed by atoms with Crippen molar-refractivity contribution in [2.75, 3.05) is 18.0 Å². The number of amides is 1. The lowest BCUT2D eigenvalue weighted by Crippen LogP contribution is -2.25. The highest BCUT2D eigenvalue weighted by Gasteiger charge is 2.32. The molecule has 0 aliphatic carbocycles. The molecule has 1 fully saturated rings. The van der Waals surface area contributed by atoms with Crippen molar-refractivity contribution in [2.24, 2.45) is 11.7 Å². The molecule has 3 rings (SSSR count). The molecule has 1 aromatic heterocycles. The second kappa shape index (κ2) is 5.38. The first-order valence-electron chi connectivity index (χ1n) is 6.40. The van der Waals surface area contributed by atoms with E-state index in [1.165, 1.54) is 0 Å². The maximum absolute atomic E-state index is 11.9. The molecule has 0 radical (unpaired) electrons. The number of benzene rings is 1. The number of hydrogen-bond donors (Lipinski definition) is 1. The van der Waals surface area contributed by atoms with Crippen molar-refractivity contribution < 1.29 is 9.32 Å². The van der Waals surface area contributed by atoms with E-state index < -0.39 is 0 Å². The van der Waals surface area contributed by atoms with Crippen LogP contribution in [0, 0.1) is 5.92 Å². The molecule has 5 nitrogen and oxygen atoms in total. The Morgan fingerprint density at radius 3 is 2.80 bits per heavy atom. The van der Waals surface area contributed by atoms with Crippen LogP contribution in [0.25, 0.3) is 11.3 Å². The van der Waals surface area contributed by atoms with E-state index >= 15 is 0 Å². The van der Waals surface area contributed by atoms with Crippen molar-refractivity contribution in [1.29, 1.82) is 0 Å². The zero-order valence-corrected chi connectivity index (χ0v) is 12.3. The Balaban J connectivity index is 1.83. The molecule has 2 heterocycles. The van der Waals surface area contributed by atoms with Crippen LogP contribution in [-0.2, 0) is 4.79 Å². The molecule has 1 aliphatic heterocycles. The van der Waals surface area contributed by atoms with Crippen molar-refractivity contribution in [2.45, 2.75) is 6.42 Å². The molecule has 1 unspecified atom stereocenters. The fourth-order valence-corrected chi connectivity index (χ4v) is 2.57. The van der Waals surface area contributed by atoms with Crippen LogP contribution in [0.2, 0.25) is 0 Å². The maximum atomic E-state index is 11.9. The Labute approximate surface area is 124 Å². The van der Waals surface area contributed by atoms with Crippen LogP contribution in [0.3, 0.4) is 0 Å². The van der Waals surface area contributed by atoms with Gasteiger partial charge in [-0.05, 0) is 24.6 Å². The number of nitrogens with two attached hydrogens (primary N) is 1. The minimum Gasteiger partial charge on any atom is -0.338 e. The minimum absolute atomic E-state index is 0.0407. The molecule has 0 spiro atoms. The Kier molecular flexibility index (Phi) is 3.58. The number of halogens is 1. The van der Waals surface area contributed by atoms with Gasteiger partial charge in [-0.2, -0.15) is 0 Å². The van der Waals surface area contributed by atoms with E-state index in [0.29, 0.717) is 25.4 Å². The lowest BCUT2D eigenvalue weighted by Gasteiger charge is -2.10. The van der Waals surface area contributed by atoms with Crippen molar-refractivity contribution in [3.63, 3.8) is 0 Å². The van der Waals surface area contributed by atoms with Gasteiger partial charge in [-0.1, -0.05) is 33.2 Å². The summed E-state index contributed by atoms with van der Waals surface area (Å²) >= 11 is 3.39. The normalized spacial score (nSPS) is 18.8. The third-order valence-electron chi connectivity index (χ3n) is 3.44. The minimum atomic E-state index is 0.0407. The van der Waals surface area contributed by atoms with Gasteiger partial charge in [0.05, 0.1) is 0 Å². The second-order valence-corrected chi connectivity index (χ2v) is 5.78. The standard InChI is InChI=1S/C14H14BrN3O2/c15-11-3-1-10(2-4-11)12-6-14(20-17-12)18-8-9(7-16)5-13(18)19/h1-4,6,9H,5,7-8,16H2. The molecule has 2 aromatic rings. The summed E-state index contributed by atoms with van der Waals surface area (Å²) in [6.45, 7) is 1.11. The summed E-state index contributed by atoms with van der Waals surface area (Å²) in [6.07, 6.45) is 0.477. The molecule has 1 amide bonds. The summed E-state index contributed by atoms with van der Waals surface area (Å²) in [5.74, 6) is 0.728. The quantitative estimate of drug-likeness (QED) is 0.934. The molecule has 20 heavy (non-hydrogen) atoms. The summed E-state index contributed by atoms with van der Waals surface area (Å²) in [5.41, 5.74) is 7.29. The van der Waals surface area contributed by atoms with Gasteiger partial charge in [0, 0.05) is 29.1 Å². The molecule has 1 saturated heterocycles. The fourth-order valence-electron chi connectivity index (χ4n) is 2.30. The number of nitrogens with zero attached hydrogens (tertiary/aromatic N) is 2. The van der Waals surface area contributed by atoms with E-state index in [1.807, 2.05) is 24.3 Å². The third-order valence-corrected chi connectivity index (χ3v) is 3.97. The predicted molar refractivity (Wildman–Crippen MR) is 79.2 cm³/mol. The predicted octanol–water partition coefficient (Wildman–Crippen LogP) is 2.42. The van der Waals surface area contributed by atoms with Gasteiger partial charge < -0.3 is 10.3 Å². The van der Waals surface area contributed by atoms with Gasteiger partial charge in [-0.3, -0.25) is 9.69 Å². The Hall–Kier alpha value is -1.66. The molecule has 0 bridgehead atoms. The lowest BCUT2D eigenvalue weighted by molar-refractivity contribution is -0.117. The number of carbonyl (C=O) groups is 1. The van der Waals surface area contributed by atoms with Gasteiger partial charge in [-0.25, -0.2) is 0 Å². The van der Waals surface area contributed by atoms with Crippen molar-refractivity contribution in [1.82, 2.24) is 5.16 Å². The third kappa shape index (κ3) is 2.48. The largest absolute Gasteiger partial charge is 0.338 e. The fraction of sp³-hybridized carbons (Fsp3) is 0.286. The Morgan fingerprint density at radius 2 is 2.15 bits per heavy atom. The molecular weight excluding hydrogens is 322 g/mol. The van der Waals surface area contributed by atoms with Gasteiger partial charge in [0.2, 0.25) is 11.8 Å². The maximum Gasteiger partial charge on any atom is 0.234 e. The summed E-state index contributed by atoms with van der Waals surface area (Å²) in [6, 6.07) is 9.56. The van der Waals surface area contributed by atoms with Crippen LogP contribution in [0.5, 0.6) is 0 Å². The van der Waals surface area contributed by atoms with E-state index in [-0.39, 0.29) is 11.8 Å². The summed E-state index contributed by atoms with van der Waals surface area (Å²) in [4.78, 5) is 13.5. The number of aromatic nitrogens is 1. The molecule has 1 atom stereocenters. The van der Waals surface area contributed by atoms with Crippen LogP contribution < -0.4 is 10.6 Å². The van der Waals surface area contributed by atoms with Crippen LogP contribution in [-0.4, -0.2) is 24.2 Å². The topological polar surface area (TPSA) is 72.4 Å². The molecule has 104 valence electrons. The van der Waals surface area contributed by atoms with Gasteiger partial charge in [0.1, 0.15) is 5.69 Å². The van der Waals surface area contributed by atoms with Crippen LogP contribution in [0.4, 0.5) is 5.88 Å². The molecule has 0 saturated carbocycles.